The molecule has 2 nitrogen and oxygen atoms in total. The number of fused-ring (bicyclic) bond motifs is 1. The van der Waals surface area contributed by atoms with Crippen molar-refractivity contribution in [3.05, 3.63) is 20.3 Å². The van der Waals surface area contributed by atoms with Crippen LogP contribution in [0.3, 0.4) is 0 Å². The van der Waals surface area contributed by atoms with Crippen molar-refractivity contribution in [3.8, 4) is 0 Å². The number of nitrogens with one attached hydrogen (secondary N) is 1. The molecule has 1 saturated heterocycles. The van der Waals surface area contributed by atoms with Crippen molar-refractivity contribution < 1.29 is 4.74 Å². The van der Waals surface area contributed by atoms with Crippen molar-refractivity contribution in [3.63, 3.8) is 0 Å². The van der Waals surface area contributed by atoms with Gasteiger partial charge in [0.05, 0.1) is 9.39 Å². The average molecular weight is 372 g/mol. The van der Waals surface area contributed by atoms with Gasteiger partial charge in [-0.05, 0) is 72.5 Å². The van der Waals surface area contributed by atoms with Crippen LogP contribution in [-0.4, -0.2) is 18.2 Å². The molecular formula is C17H26BrNOS. The molecule has 4 heteroatoms. The van der Waals surface area contributed by atoms with Crippen molar-refractivity contribution in [2.75, 3.05) is 6.61 Å². The van der Waals surface area contributed by atoms with E-state index in [0.717, 1.165) is 32.3 Å². The number of rotatable bonds is 4. The van der Waals surface area contributed by atoms with Crippen LogP contribution >= 0.6 is 27.3 Å². The second-order valence-corrected chi connectivity index (χ2v) is 8.98. The van der Waals surface area contributed by atoms with Gasteiger partial charge in [0.15, 0.2) is 0 Å². The van der Waals surface area contributed by atoms with E-state index in [1.54, 1.807) is 10.4 Å². The molecule has 2 unspecified atom stereocenters. The van der Waals surface area contributed by atoms with Gasteiger partial charge in [0, 0.05) is 23.6 Å². The van der Waals surface area contributed by atoms with Gasteiger partial charge in [-0.3, -0.25) is 0 Å². The van der Waals surface area contributed by atoms with E-state index in [1.807, 2.05) is 11.3 Å². The summed E-state index contributed by atoms with van der Waals surface area (Å²) in [6.07, 6.45) is 8.41. The summed E-state index contributed by atoms with van der Waals surface area (Å²) in [5.74, 6) is 0. The Hall–Kier alpha value is 0.1000. The quantitative estimate of drug-likeness (QED) is 0.783. The average Bonchev–Trinajstić information content (AvgIpc) is 2.89. The second kappa shape index (κ2) is 6.69. The summed E-state index contributed by atoms with van der Waals surface area (Å²) in [7, 11) is 0. The van der Waals surface area contributed by atoms with Crippen molar-refractivity contribution in [2.45, 2.75) is 76.5 Å². The van der Waals surface area contributed by atoms with E-state index in [4.69, 9.17) is 4.74 Å². The van der Waals surface area contributed by atoms with Gasteiger partial charge in [0.25, 0.3) is 0 Å². The first-order valence-electron chi connectivity index (χ1n) is 8.34. The zero-order valence-corrected chi connectivity index (χ0v) is 15.5. The summed E-state index contributed by atoms with van der Waals surface area (Å²) in [6, 6.07) is 3.49. The largest absolute Gasteiger partial charge is 0.375 e. The van der Waals surface area contributed by atoms with E-state index in [-0.39, 0.29) is 5.60 Å². The number of aryl methyl sites for hydroxylation is 1. The molecule has 0 bridgehead atoms. The van der Waals surface area contributed by atoms with E-state index < -0.39 is 0 Å². The molecule has 1 aromatic heterocycles. The topological polar surface area (TPSA) is 21.3 Å². The third-order valence-corrected chi connectivity index (χ3v) is 7.02. The number of halogens is 1. The zero-order valence-electron chi connectivity index (χ0n) is 13.1. The standard InChI is InChI=1S/C17H26BrNOS/c1-3-17(4-2)11-12(8-9-20-17)19-14-6-5-7-15-13(14)10-16(18)21-15/h10,12,14,19H,3-9,11H2,1-2H3. The van der Waals surface area contributed by atoms with Gasteiger partial charge < -0.3 is 10.1 Å². The number of hydrogen-bond donors (Lipinski definition) is 1. The molecular weight excluding hydrogens is 346 g/mol. The van der Waals surface area contributed by atoms with Crippen LogP contribution in [0.25, 0.3) is 0 Å². The third-order valence-electron chi connectivity index (χ3n) is 5.30. The first-order valence-corrected chi connectivity index (χ1v) is 9.95. The Balaban J connectivity index is 1.69. The van der Waals surface area contributed by atoms with Gasteiger partial charge in [0.1, 0.15) is 0 Å². The van der Waals surface area contributed by atoms with Gasteiger partial charge in [-0.1, -0.05) is 13.8 Å². The Morgan fingerprint density at radius 1 is 1.38 bits per heavy atom. The summed E-state index contributed by atoms with van der Waals surface area (Å²) in [5.41, 5.74) is 1.66. The Labute approximate surface area is 140 Å². The minimum atomic E-state index is 0.114. The van der Waals surface area contributed by atoms with Crippen LogP contribution in [-0.2, 0) is 11.2 Å². The fraction of sp³-hybridized carbons (Fsp3) is 0.765. The van der Waals surface area contributed by atoms with Gasteiger partial charge in [-0.15, -0.1) is 11.3 Å². The molecule has 0 amide bonds. The van der Waals surface area contributed by atoms with Crippen LogP contribution in [0.2, 0.25) is 0 Å². The van der Waals surface area contributed by atoms with Gasteiger partial charge in [0.2, 0.25) is 0 Å². The lowest BCUT2D eigenvalue weighted by Gasteiger charge is -2.42. The van der Waals surface area contributed by atoms with Crippen molar-refractivity contribution in [1.82, 2.24) is 5.32 Å². The Morgan fingerprint density at radius 3 is 2.95 bits per heavy atom. The molecule has 118 valence electrons. The van der Waals surface area contributed by atoms with Crippen LogP contribution in [0, 0.1) is 0 Å². The smallest absolute Gasteiger partial charge is 0.0704 e. The number of hydrogen-bond acceptors (Lipinski definition) is 3. The summed E-state index contributed by atoms with van der Waals surface area (Å²) < 4.78 is 7.39. The van der Waals surface area contributed by atoms with Crippen molar-refractivity contribution in [1.29, 1.82) is 0 Å². The predicted molar refractivity (Wildman–Crippen MR) is 93.1 cm³/mol. The third kappa shape index (κ3) is 3.39. The van der Waals surface area contributed by atoms with Gasteiger partial charge >= 0.3 is 0 Å². The molecule has 0 aromatic carbocycles. The van der Waals surface area contributed by atoms with Gasteiger partial charge in [-0.25, -0.2) is 0 Å². The highest BCUT2D eigenvalue weighted by molar-refractivity contribution is 9.11. The molecule has 0 saturated carbocycles. The fourth-order valence-electron chi connectivity index (χ4n) is 3.89. The number of thiophene rings is 1. The Bertz CT molecular complexity index is 483. The van der Waals surface area contributed by atoms with E-state index in [1.165, 1.54) is 23.0 Å². The van der Waals surface area contributed by atoms with E-state index in [9.17, 15) is 0 Å². The van der Waals surface area contributed by atoms with Crippen LogP contribution < -0.4 is 5.32 Å². The Morgan fingerprint density at radius 2 is 2.19 bits per heavy atom. The van der Waals surface area contributed by atoms with Gasteiger partial charge in [-0.2, -0.15) is 0 Å². The molecule has 1 fully saturated rings. The second-order valence-electron chi connectivity index (χ2n) is 6.47. The minimum absolute atomic E-state index is 0.114. The normalized spacial score (nSPS) is 28.3. The zero-order chi connectivity index (χ0) is 14.9. The predicted octanol–water partition coefficient (Wildman–Crippen LogP) is 5.22. The highest BCUT2D eigenvalue weighted by Gasteiger charge is 2.36. The molecule has 1 aromatic rings. The molecule has 2 heterocycles. The minimum Gasteiger partial charge on any atom is -0.375 e. The van der Waals surface area contributed by atoms with Crippen LogP contribution in [0.1, 0.15) is 68.9 Å². The maximum Gasteiger partial charge on any atom is 0.0704 e. The monoisotopic (exact) mass is 371 g/mol. The number of ether oxygens (including phenoxy) is 1. The first kappa shape index (κ1) is 16.0. The first-order chi connectivity index (χ1) is 10.2. The lowest BCUT2D eigenvalue weighted by atomic mass is 9.84. The molecule has 1 N–H and O–H groups in total. The molecule has 0 spiro atoms. The lowest BCUT2D eigenvalue weighted by molar-refractivity contribution is -0.0943. The maximum absolute atomic E-state index is 6.11. The summed E-state index contributed by atoms with van der Waals surface area (Å²) in [5, 5.41) is 3.96. The lowest BCUT2D eigenvalue weighted by Crippen LogP contribution is -2.47. The molecule has 3 rings (SSSR count). The molecule has 1 aliphatic heterocycles. The van der Waals surface area contributed by atoms with Crippen molar-refractivity contribution in [2.24, 2.45) is 0 Å². The SMILES string of the molecule is CCC1(CC)CC(NC2CCCc3sc(Br)cc32)CCO1. The summed E-state index contributed by atoms with van der Waals surface area (Å²) >= 11 is 5.57. The van der Waals surface area contributed by atoms with Crippen LogP contribution in [0.15, 0.2) is 9.85 Å². The van der Waals surface area contributed by atoms with Crippen LogP contribution in [0.4, 0.5) is 0 Å². The van der Waals surface area contributed by atoms with E-state index in [2.05, 4.69) is 41.2 Å². The highest BCUT2D eigenvalue weighted by Crippen LogP contribution is 2.39. The molecule has 1 aliphatic carbocycles. The van der Waals surface area contributed by atoms with Crippen LogP contribution in [0.5, 0.6) is 0 Å². The highest BCUT2D eigenvalue weighted by atomic mass is 79.9. The van der Waals surface area contributed by atoms with Crippen molar-refractivity contribution >= 4 is 27.3 Å². The van der Waals surface area contributed by atoms with E-state index >= 15 is 0 Å². The molecule has 2 atom stereocenters. The summed E-state index contributed by atoms with van der Waals surface area (Å²) in [4.78, 5) is 1.58. The maximum atomic E-state index is 6.11. The molecule has 0 radical (unpaired) electrons. The molecule has 2 aliphatic rings. The fourth-order valence-corrected chi connectivity index (χ4v) is 5.71. The molecule has 21 heavy (non-hydrogen) atoms. The summed E-state index contributed by atoms with van der Waals surface area (Å²) in [6.45, 7) is 5.44. The Kier molecular flexibility index (Phi) is 5.09. The van der Waals surface area contributed by atoms with E-state index in [0.29, 0.717) is 12.1 Å².